The lowest BCUT2D eigenvalue weighted by Gasteiger charge is -2.02. The van der Waals surface area contributed by atoms with Gasteiger partial charge in [0.1, 0.15) is 5.00 Å². The van der Waals surface area contributed by atoms with Crippen molar-refractivity contribution < 1.29 is 14.0 Å². The number of carbonyl (C=O) groups excluding carboxylic acids is 2. The minimum Gasteiger partial charge on any atom is -0.411 e. The van der Waals surface area contributed by atoms with E-state index in [9.17, 15) is 9.59 Å². The number of hydrogen-bond donors (Lipinski definition) is 2. The van der Waals surface area contributed by atoms with Crippen molar-refractivity contribution in [1.29, 1.82) is 0 Å². The van der Waals surface area contributed by atoms with Crippen LogP contribution in [0.25, 0.3) is 11.5 Å². The highest BCUT2D eigenvalue weighted by molar-refractivity contribution is 7.99. The van der Waals surface area contributed by atoms with Gasteiger partial charge in [0, 0.05) is 12.4 Å². The molecule has 3 N–H and O–H groups in total. The highest BCUT2D eigenvalue weighted by atomic mass is 32.2. The van der Waals surface area contributed by atoms with Crippen molar-refractivity contribution in [2.24, 2.45) is 5.73 Å². The first-order chi connectivity index (χ1) is 11.6. The number of primary amides is 1. The predicted octanol–water partition coefficient (Wildman–Crippen LogP) is 2.02. The molecular weight excluding hydrogens is 350 g/mol. The number of hydrogen-bond acceptors (Lipinski definition) is 8. The van der Waals surface area contributed by atoms with Crippen molar-refractivity contribution in [1.82, 2.24) is 15.2 Å². The topological polar surface area (TPSA) is 124 Å². The molecular formula is C14H11N5O3S2. The number of thiophene rings is 1. The van der Waals surface area contributed by atoms with Crippen molar-refractivity contribution in [3.8, 4) is 11.5 Å². The van der Waals surface area contributed by atoms with E-state index in [0.29, 0.717) is 16.5 Å². The first kappa shape index (κ1) is 16.1. The average molecular weight is 361 g/mol. The van der Waals surface area contributed by atoms with E-state index in [1.807, 2.05) is 0 Å². The lowest BCUT2D eigenvalue weighted by Crippen LogP contribution is -2.17. The summed E-state index contributed by atoms with van der Waals surface area (Å²) in [6.45, 7) is 0. The minimum absolute atomic E-state index is 0.0603. The summed E-state index contributed by atoms with van der Waals surface area (Å²) in [6.07, 6.45) is 3.25. The third kappa shape index (κ3) is 3.78. The van der Waals surface area contributed by atoms with Gasteiger partial charge >= 0.3 is 0 Å². The number of nitrogens with one attached hydrogen (secondary N) is 1. The van der Waals surface area contributed by atoms with Crippen LogP contribution in [0.4, 0.5) is 5.00 Å². The zero-order valence-corrected chi connectivity index (χ0v) is 13.8. The molecule has 0 saturated carbocycles. The first-order valence-corrected chi connectivity index (χ1v) is 8.54. The summed E-state index contributed by atoms with van der Waals surface area (Å²) in [7, 11) is 0. The highest BCUT2D eigenvalue weighted by Gasteiger charge is 2.14. The molecule has 0 atom stereocenters. The van der Waals surface area contributed by atoms with Gasteiger partial charge in [-0.1, -0.05) is 11.8 Å². The number of anilines is 1. The molecule has 3 heterocycles. The summed E-state index contributed by atoms with van der Waals surface area (Å²) in [5.74, 6) is -0.492. The van der Waals surface area contributed by atoms with E-state index in [2.05, 4.69) is 20.5 Å². The van der Waals surface area contributed by atoms with Crippen LogP contribution in [0.2, 0.25) is 0 Å². The Morgan fingerprint density at radius 2 is 2.21 bits per heavy atom. The summed E-state index contributed by atoms with van der Waals surface area (Å²) in [5.41, 5.74) is 6.22. The van der Waals surface area contributed by atoms with E-state index in [0.717, 1.165) is 11.8 Å². The normalized spacial score (nSPS) is 10.5. The number of nitrogens with two attached hydrogens (primary N) is 1. The second-order valence-corrected chi connectivity index (χ2v) is 6.32. The maximum absolute atomic E-state index is 12.0. The average Bonchev–Trinajstić information content (AvgIpc) is 3.23. The SMILES string of the molecule is NC(=O)c1ccsc1NC(=O)CSc1nnc(-c2cccnc2)o1. The van der Waals surface area contributed by atoms with Crippen LogP contribution in [0, 0.1) is 0 Å². The molecule has 0 aromatic carbocycles. The maximum atomic E-state index is 12.0. The molecule has 3 aromatic heterocycles. The first-order valence-electron chi connectivity index (χ1n) is 6.67. The van der Waals surface area contributed by atoms with Crippen LogP contribution in [0.1, 0.15) is 10.4 Å². The fourth-order valence-corrected chi connectivity index (χ4v) is 3.14. The zero-order valence-electron chi connectivity index (χ0n) is 12.1. The number of pyridine rings is 1. The molecule has 0 saturated heterocycles. The Morgan fingerprint density at radius 3 is 2.96 bits per heavy atom. The molecule has 0 radical (unpaired) electrons. The monoisotopic (exact) mass is 361 g/mol. The van der Waals surface area contributed by atoms with Gasteiger partial charge in [-0.2, -0.15) is 0 Å². The molecule has 24 heavy (non-hydrogen) atoms. The molecule has 2 amide bonds. The summed E-state index contributed by atoms with van der Waals surface area (Å²) in [4.78, 5) is 27.1. The van der Waals surface area contributed by atoms with E-state index in [1.165, 1.54) is 11.3 Å². The molecule has 3 aromatic rings. The standard InChI is InChI=1S/C14H11N5O3S2/c15-11(21)9-3-5-23-13(9)17-10(20)7-24-14-19-18-12(22-14)8-2-1-4-16-6-8/h1-6H,7H2,(H2,15,21)(H,17,20). The number of aromatic nitrogens is 3. The van der Waals surface area contributed by atoms with Gasteiger partial charge < -0.3 is 15.5 Å². The van der Waals surface area contributed by atoms with E-state index < -0.39 is 5.91 Å². The molecule has 0 aliphatic heterocycles. The Morgan fingerprint density at radius 1 is 1.33 bits per heavy atom. The van der Waals surface area contributed by atoms with Crippen molar-refractivity contribution in [3.63, 3.8) is 0 Å². The van der Waals surface area contributed by atoms with Gasteiger partial charge in [0.05, 0.1) is 16.9 Å². The smallest absolute Gasteiger partial charge is 0.277 e. The molecule has 0 bridgehead atoms. The van der Waals surface area contributed by atoms with E-state index in [-0.39, 0.29) is 22.4 Å². The zero-order chi connectivity index (χ0) is 16.9. The predicted molar refractivity (Wildman–Crippen MR) is 89.7 cm³/mol. The number of amides is 2. The molecule has 3 rings (SSSR count). The third-order valence-corrected chi connectivity index (χ3v) is 4.47. The number of rotatable bonds is 6. The molecule has 0 spiro atoms. The molecule has 0 aliphatic rings. The molecule has 0 unspecified atom stereocenters. The van der Waals surface area contributed by atoms with Crippen molar-refractivity contribution >= 4 is 39.9 Å². The van der Waals surface area contributed by atoms with Crippen LogP contribution in [-0.2, 0) is 4.79 Å². The van der Waals surface area contributed by atoms with Gasteiger partial charge in [-0.15, -0.1) is 21.5 Å². The minimum atomic E-state index is -0.586. The van der Waals surface area contributed by atoms with Crippen LogP contribution < -0.4 is 11.1 Å². The Kier molecular flexibility index (Phi) is 4.87. The highest BCUT2D eigenvalue weighted by Crippen LogP contribution is 2.25. The largest absolute Gasteiger partial charge is 0.411 e. The maximum Gasteiger partial charge on any atom is 0.277 e. The number of nitrogens with zero attached hydrogens (tertiary/aromatic N) is 3. The Balaban J connectivity index is 1.58. The summed E-state index contributed by atoms with van der Waals surface area (Å²) in [6, 6.07) is 5.12. The van der Waals surface area contributed by atoms with E-state index >= 15 is 0 Å². The molecule has 122 valence electrons. The summed E-state index contributed by atoms with van der Waals surface area (Å²) >= 11 is 2.32. The Bertz CT molecular complexity index is 862. The van der Waals surface area contributed by atoms with Gasteiger partial charge in [-0.05, 0) is 23.6 Å². The van der Waals surface area contributed by atoms with Crippen molar-refractivity contribution in [3.05, 3.63) is 41.5 Å². The van der Waals surface area contributed by atoms with Gasteiger partial charge in [-0.25, -0.2) is 0 Å². The van der Waals surface area contributed by atoms with E-state index in [4.69, 9.17) is 10.2 Å². The van der Waals surface area contributed by atoms with Crippen molar-refractivity contribution in [2.45, 2.75) is 5.22 Å². The fourth-order valence-electron chi connectivity index (χ4n) is 1.76. The van der Waals surface area contributed by atoms with Crippen LogP contribution in [0.3, 0.4) is 0 Å². The molecule has 0 aliphatic carbocycles. The lowest BCUT2D eigenvalue weighted by molar-refractivity contribution is -0.113. The number of thioether (sulfide) groups is 1. The molecule has 0 fully saturated rings. The Hall–Kier alpha value is -2.72. The third-order valence-electron chi connectivity index (χ3n) is 2.83. The van der Waals surface area contributed by atoms with Gasteiger partial charge in [0.2, 0.25) is 11.8 Å². The number of carbonyl (C=O) groups is 2. The van der Waals surface area contributed by atoms with Crippen LogP contribution in [-0.4, -0.2) is 32.7 Å². The van der Waals surface area contributed by atoms with E-state index in [1.54, 1.807) is 36.0 Å². The second kappa shape index (κ2) is 7.23. The summed E-state index contributed by atoms with van der Waals surface area (Å²) < 4.78 is 5.47. The second-order valence-electron chi connectivity index (χ2n) is 4.48. The van der Waals surface area contributed by atoms with Crippen molar-refractivity contribution in [2.75, 3.05) is 11.1 Å². The molecule has 10 heteroatoms. The van der Waals surface area contributed by atoms with Gasteiger partial charge in [0.25, 0.3) is 11.1 Å². The van der Waals surface area contributed by atoms with Crippen LogP contribution in [0.5, 0.6) is 0 Å². The Labute approximate surface area is 144 Å². The van der Waals surface area contributed by atoms with Gasteiger partial charge in [0.15, 0.2) is 0 Å². The fraction of sp³-hybridized carbons (Fsp3) is 0.0714. The van der Waals surface area contributed by atoms with Crippen LogP contribution in [0.15, 0.2) is 45.6 Å². The lowest BCUT2D eigenvalue weighted by atomic mass is 10.3. The summed E-state index contributed by atoms with van der Waals surface area (Å²) in [5, 5.41) is 12.8. The quantitative estimate of drug-likeness (QED) is 0.644. The van der Waals surface area contributed by atoms with Crippen LogP contribution >= 0.6 is 23.1 Å². The van der Waals surface area contributed by atoms with Gasteiger partial charge in [-0.3, -0.25) is 14.6 Å². The molecule has 8 nitrogen and oxygen atoms in total.